The van der Waals surface area contributed by atoms with Crippen LogP contribution in [0.5, 0.6) is 0 Å². The average molecular weight is 773 g/mol. The van der Waals surface area contributed by atoms with Gasteiger partial charge in [0.2, 0.25) is 11.8 Å². The Balaban J connectivity index is 0.853. The number of nitrogens with two attached hydrogens (primary N) is 1. The molecule has 2 aromatic carbocycles. The molecule has 1 heterocycles. The molecule has 2 amide bonds. The second-order valence-corrected chi connectivity index (χ2v) is 22.6. The van der Waals surface area contributed by atoms with E-state index in [1.165, 1.54) is 62.5 Å². The zero-order valence-electron chi connectivity index (χ0n) is 35.3. The highest BCUT2D eigenvalue weighted by Crippen LogP contribution is 2.72. The fourth-order valence-corrected chi connectivity index (χ4v) is 17.1. The van der Waals surface area contributed by atoms with E-state index >= 15 is 0 Å². The van der Waals surface area contributed by atoms with Crippen LogP contribution < -0.4 is 21.7 Å². The van der Waals surface area contributed by atoms with Gasteiger partial charge in [-0.3, -0.25) is 9.59 Å². The molecule has 0 aromatic heterocycles. The van der Waals surface area contributed by atoms with Gasteiger partial charge in [-0.2, -0.15) is 0 Å². The number of amides is 2. The Labute approximate surface area is 343 Å². The standard InChI is InChI=1S/C51H72N4O2/c1-3-46-22-37-24-48(29-46,39-10-6-4-7-11-39)33-50(26-37,30-46)45(57)55-43-20-35(2)53-42(21-43)18-19-47-23-38-25-49(31-47,40-12-8-5-9-13-40)34-51(27-38,32-47)44(56)54-41-16-14-36(28-52)15-17-41/h4-13,35-38,41-43,53H,3,14-34,52H2,1-2H3,(H,54,56)(H,55,57)/t35-,36-,37?,38?,41-,42?,43+,46?,47?,48?,49?,50?,51?/m0/s1. The first-order valence-electron chi connectivity index (χ1n) is 23.7. The topological polar surface area (TPSA) is 96.2 Å². The van der Waals surface area contributed by atoms with E-state index in [4.69, 9.17) is 5.73 Å². The first kappa shape index (κ1) is 38.5. The van der Waals surface area contributed by atoms with Crippen LogP contribution in [-0.2, 0) is 20.4 Å². The number of benzene rings is 2. The fraction of sp³-hybridized carbons (Fsp3) is 0.725. The van der Waals surface area contributed by atoms with Crippen LogP contribution in [0.2, 0.25) is 0 Å². The quantitative estimate of drug-likeness (QED) is 0.183. The lowest BCUT2D eigenvalue weighted by Gasteiger charge is -2.66. The number of rotatable bonds is 11. The molecule has 57 heavy (non-hydrogen) atoms. The molecular formula is C51H72N4O2. The monoisotopic (exact) mass is 773 g/mol. The average Bonchev–Trinajstić information content (AvgIpc) is 3.20. The number of hydrogen-bond donors (Lipinski definition) is 4. The number of hydrogen-bond acceptors (Lipinski definition) is 4. The Hall–Kier alpha value is -2.70. The van der Waals surface area contributed by atoms with Crippen molar-refractivity contribution in [3.63, 3.8) is 0 Å². The van der Waals surface area contributed by atoms with E-state index in [-0.39, 0.29) is 33.1 Å². The van der Waals surface area contributed by atoms with E-state index in [2.05, 4.69) is 90.5 Å². The lowest BCUT2D eigenvalue weighted by Crippen LogP contribution is -2.64. The van der Waals surface area contributed by atoms with Crippen molar-refractivity contribution in [3.05, 3.63) is 71.8 Å². The van der Waals surface area contributed by atoms with Crippen LogP contribution in [0.1, 0.15) is 160 Å². The van der Waals surface area contributed by atoms with Gasteiger partial charge in [0.15, 0.2) is 0 Å². The molecule has 5 N–H and O–H groups in total. The first-order chi connectivity index (χ1) is 27.5. The van der Waals surface area contributed by atoms with E-state index in [1.807, 2.05) is 0 Å². The Morgan fingerprint density at radius 3 is 1.79 bits per heavy atom. The first-order valence-corrected chi connectivity index (χ1v) is 23.7. The maximum atomic E-state index is 14.9. The third kappa shape index (κ3) is 6.74. The second kappa shape index (κ2) is 14.2. The number of carbonyl (C=O) groups excluding carboxylic acids is 2. The Morgan fingerprint density at radius 1 is 0.667 bits per heavy atom. The van der Waals surface area contributed by atoms with Gasteiger partial charge in [-0.25, -0.2) is 0 Å². The van der Waals surface area contributed by atoms with Gasteiger partial charge in [0.05, 0.1) is 10.8 Å². The molecule has 6 heteroatoms. The summed E-state index contributed by atoms with van der Waals surface area (Å²) in [5, 5.41) is 11.5. The fourth-order valence-electron chi connectivity index (χ4n) is 17.1. The Kier molecular flexibility index (Phi) is 9.60. The maximum absolute atomic E-state index is 14.9. The van der Waals surface area contributed by atoms with Gasteiger partial charge < -0.3 is 21.7 Å². The lowest BCUT2D eigenvalue weighted by atomic mass is 9.37. The molecule has 0 spiro atoms. The van der Waals surface area contributed by atoms with Crippen molar-refractivity contribution in [3.8, 4) is 0 Å². The molecule has 9 saturated carbocycles. The smallest absolute Gasteiger partial charge is 0.226 e. The van der Waals surface area contributed by atoms with E-state index in [1.54, 1.807) is 0 Å². The minimum atomic E-state index is -0.269. The highest BCUT2D eigenvalue weighted by Gasteiger charge is 2.67. The minimum absolute atomic E-state index is 0.0871. The number of piperidine rings is 1. The van der Waals surface area contributed by atoms with Crippen molar-refractivity contribution in [2.24, 2.45) is 45.1 Å². The summed E-state index contributed by atoms with van der Waals surface area (Å²) in [5.41, 5.74) is 9.18. The summed E-state index contributed by atoms with van der Waals surface area (Å²) in [6.45, 7) is 5.50. The van der Waals surface area contributed by atoms with Gasteiger partial charge in [-0.05, 0) is 192 Å². The van der Waals surface area contributed by atoms with Gasteiger partial charge in [0.1, 0.15) is 0 Å². The predicted molar refractivity (Wildman–Crippen MR) is 228 cm³/mol. The molecule has 11 atom stereocenters. The molecule has 12 rings (SSSR count). The summed E-state index contributed by atoms with van der Waals surface area (Å²) >= 11 is 0. The van der Waals surface area contributed by atoms with E-state index in [0.717, 1.165) is 90.0 Å². The molecule has 9 unspecified atom stereocenters. The molecule has 308 valence electrons. The van der Waals surface area contributed by atoms with Crippen LogP contribution in [-0.4, -0.2) is 42.5 Å². The third-order valence-electron chi connectivity index (χ3n) is 18.5. The highest BCUT2D eigenvalue weighted by molar-refractivity contribution is 5.84. The van der Waals surface area contributed by atoms with E-state index < -0.39 is 0 Å². The largest absolute Gasteiger partial charge is 0.353 e. The van der Waals surface area contributed by atoms with Crippen LogP contribution in [0.25, 0.3) is 0 Å². The van der Waals surface area contributed by atoms with Crippen LogP contribution in [0, 0.1) is 39.4 Å². The Bertz CT molecular complexity index is 1810. The van der Waals surface area contributed by atoms with E-state index in [9.17, 15) is 9.59 Å². The van der Waals surface area contributed by atoms with Crippen LogP contribution in [0.4, 0.5) is 0 Å². The second-order valence-electron chi connectivity index (χ2n) is 22.6. The van der Waals surface area contributed by atoms with Gasteiger partial charge in [0, 0.05) is 24.2 Å². The maximum Gasteiger partial charge on any atom is 0.226 e. The van der Waals surface area contributed by atoms with Gasteiger partial charge in [-0.1, -0.05) is 74.0 Å². The molecule has 1 aliphatic heterocycles. The summed E-state index contributed by atoms with van der Waals surface area (Å²) in [6.07, 6.45) is 23.7. The van der Waals surface area contributed by atoms with Crippen molar-refractivity contribution in [1.29, 1.82) is 0 Å². The van der Waals surface area contributed by atoms with Crippen LogP contribution in [0.15, 0.2) is 60.7 Å². The predicted octanol–water partition coefficient (Wildman–Crippen LogP) is 9.25. The number of carbonyl (C=O) groups is 2. The number of nitrogens with one attached hydrogen (secondary N) is 3. The van der Waals surface area contributed by atoms with Crippen LogP contribution in [0.3, 0.4) is 0 Å². The molecule has 6 nitrogen and oxygen atoms in total. The summed E-state index contributed by atoms with van der Waals surface area (Å²) in [6, 6.07) is 23.9. The highest BCUT2D eigenvalue weighted by atomic mass is 16.2. The van der Waals surface area contributed by atoms with Crippen molar-refractivity contribution >= 4 is 11.8 Å². The summed E-state index contributed by atoms with van der Waals surface area (Å²) in [5.74, 6) is 2.61. The van der Waals surface area contributed by atoms with Crippen LogP contribution >= 0.6 is 0 Å². The SMILES string of the molecule is CCC12CC3CC(C(=O)N[C@H]4CC(CCC56CC7CC(C(=O)N[C@H]8CC[C@H](CN)CC8)(C5)CC(c5ccccc5)(C7)C6)N[C@@H](C)C4)(C1)CC(c1ccccc1)(C3)C2. The zero-order valence-corrected chi connectivity index (χ0v) is 35.3. The summed E-state index contributed by atoms with van der Waals surface area (Å²) in [7, 11) is 0. The van der Waals surface area contributed by atoms with Crippen molar-refractivity contribution in [2.75, 3.05) is 6.54 Å². The molecule has 2 aromatic rings. The Morgan fingerprint density at radius 2 is 1.21 bits per heavy atom. The summed E-state index contributed by atoms with van der Waals surface area (Å²) < 4.78 is 0. The zero-order chi connectivity index (χ0) is 39.1. The van der Waals surface area contributed by atoms with Gasteiger partial charge in [-0.15, -0.1) is 0 Å². The molecule has 1 saturated heterocycles. The molecule has 10 fully saturated rings. The summed E-state index contributed by atoms with van der Waals surface area (Å²) in [4.78, 5) is 29.6. The molecule has 9 aliphatic carbocycles. The molecule has 10 aliphatic rings. The molecular weight excluding hydrogens is 701 g/mol. The van der Waals surface area contributed by atoms with Crippen molar-refractivity contribution in [1.82, 2.24) is 16.0 Å². The normalized spacial score (nSPS) is 45.5. The lowest BCUT2D eigenvalue weighted by molar-refractivity contribution is -0.165. The van der Waals surface area contributed by atoms with Crippen molar-refractivity contribution in [2.45, 2.75) is 184 Å². The minimum Gasteiger partial charge on any atom is -0.353 e. The third-order valence-corrected chi connectivity index (χ3v) is 18.5. The van der Waals surface area contributed by atoms with E-state index in [0.29, 0.717) is 53.1 Å². The van der Waals surface area contributed by atoms with Gasteiger partial charge >= 0.3 is 0 Å². The van der Waals surface area contributed by atoms with Crippen molar-refractivity contribution < 1.29 is 9.59 Å². The van der Waals surface area contributed by atoms with Gasteiger partial charge in [0.25, 0.3) is 0 Å². The molecule has 0 radical (unpaired) electrons. The molecule has 8 bridgehead atoms.